The van der Waals surface area contributed by atoms with E-state index in [9.17, 15) is 5.11 Å². The maximum atomic E-state index is 10.5. The number of benzene rings is 3. The predicted molar refractivity (Wildman–Crippen MR) is 132 cm³/mol. The van der Waals surface area contributed by atoms with Gasteiger partial charge in [0.2, 0.25) is 0 Å². The van der Waals surface area contributed by atoms with Gasteiger partial charge in [0, 0.05) is 13.1 Å². The molecule has 0 radical (unpaired) electrons. The topological polar surface area (TPSA) is 41.9 Å². The smallest absolute Gasteiger partial charge is 0.118 e. The minimum Gasteiger partial charge on any atom is -0.497 e. The fraction of sp³-hybridized carbons (Fsp3) is 0.379. The van der Waals surface area contributed by atoms with Gasteiger partial charge in [-0.05, 0) is 61.1 Å². The molecule has 4 heteroatoms. The summed E-state index contributed by atoms with van der Waals surface area (Å²) in [6, 6.07) is 28.7. The molecule has 1 aliphatic rings. The van der Waals surface area contributed by atoms with Crippen LogP contribution in [0.1, 0.15) is 54.6 Å². The Balaban J connectivity index is 1.24. The first kappa shape index (κ1) is 23.5. The van der Waals surface area contributed by atoms with Crippen LogP contribution >= 0.6 is 0 Å². The highest BCUT2D eigenvalue weighted by Crippen LogP contribution is 2.30. The molecule has 1 N–H and O–H groups in total. The number of hydrogen-bond acceptors (Lipinski definition) is 4. The Bertz CT molecular complexity index is 898. The van der Waals surface area contributed by atoms with E-state index in [4.69, 9.17) is 9.47 Å². The standard InChI is InChI=1S/C29H35NO3/c1-32-26-16-14-23(15-17-26)28(31)13-8-20-30-21-18-27(19-22-30)33-29(24-9-4-2-5-10-24)25-11-6-3-7-12-25/h2-7,9-12,14-17,27-29,31H,8,13,18-22H2,1H3. The van der Waals surface area contributed by atoms with Gasteiger partial charge in [0.1, 0.15) is 11.9 Å². The molecule has 0 aromatic heterocycles. The van der Waals surface area contributed by atoms with Crippen molar-refractivity contribution in [2.45, 2.75) is 44.0 Å². The summed E-state index contributed by atoms with van der Waals surface area (Å²) in [5, 5.41) is 10.5. The Kier molecular flexibility index (Phi) is 8.53. The summed E-state index contributed by atoms with van der Waals surface area (Å²) in [7, 11) is 1.66. The summed E-state index contributed by atoms with van der Waals surface area (Å²) in [6.45, 7) is 3.10. The summed E-state index contributed by atoms with van der Waals surface area (Å²) in [5.41, 5.74) is 3.37. The minimum absolute atomic E-state index is 0.0245. The molecule has 3 aromatic rings. The van der Waals surface area contributed by atoms with E-state index < -0.39 is 6.10 Å². The molecule has 1 fully saturated rings. The number of aliphatic hydroxyl groups excluding tert-OH is 1. The van der Waals surface area contributed by atoms with Gasteiger partial charge in [-0.1, -0.05) is 72.8 Å². The Morgan fingerprint density at radius 1 is 0.818 bits per heavy atom. The number of piperidine rings is 1. The van der Waals surface area contributed by atoms with Gasteiger partial charge in [-0.2, -0.15) is 0 Å². The van der Waals surface area contributed by atoms with Crippen LogP contribution in [-0.4, -0.2) is 42.9 Å². The Morgan fingerprint density at radius 2 is 1.39 bits per heavy atom. The van der Waals surface area contributed by atoms with Crippen LogP contribution in [0.4, 0.5) is 0 Å². The predicted octanol–water partition coefficient (Wildman–Crippen LogP) is 5.78. The van der Waals surface area contributed by atoms with Gasteiger partial charge in [-0.15, -0.1) is 0 Å². The van der Waals surface area contributed by atoms with Gasteiger partial charge in [0.25, 0.3) is 0 Å². The van der Waals surface area contributed by atoms with E-state index in [2.05, 4.69) is 65.6 Å². The monoisotopic (exact) mass is 445 g/mol. The highest BCUT2D eigenvalue weighted by Gasteiger charge is 2.24. The summed E-state index contributed by atoms with van der Waals surface area (Å²) in [6.07, 6.45) is 3.64. The number of methoxy groups -OCH3 is 1. The highest BCUT2D eigenvalue weighted by atomic mass is 16.5. The molecule has 1 aliphatic heterocycles. The lowest BCUT2D eigenvalue weighted by molar-refractivity contribution is -0.0274. The zero-order valence-electron chi connectivity index (χ0n) is 19.5. The van der Waals surface area contributed by atoms with Crippen LogP contribution in [0.25, 0.3) is 0 Å². The molecule has 174 valence electrons. The quantitative estimate of drug-likeness (QED) is 0.430. The fourth-order valence-electron chi connectivity index (χ4n) is 4.57. The minimum atomic E-state index is -0.422. The van der Waals surface area contributed by atoms with Crippen molar-refractivity contribution < 1.29 is 14.6 Å². The van der Waals surface area contributed by atoms with Gasteiger partial charge in [-0.3, -0.25) is 0 Å². The molecule has 0 amide bonds. The van der Waals surface area contributed by atoms with E-state index in [-0.39, 0.29) is 12.2 Å². The van der Waals surface area contributed by atoms with Crippen molar-refractivity contribution >= 4 is 0 Å². The lowest BCUT2D eigenvalue weighted by atomic mass is 10.00. The average molecular weight is 446 g/mol. The second kappa shape index (κ2) is 12.0. The second-order valence-corrected chi connectivity index (χ2v) is 8.81. The summed E-state index contributed by atoms with van der Waals surface area (Å²) in [4.78, 5) is 2.50. The Hall–Kier alpha value is -2.66. The molecular weight excluding hydrogens is 410 g/mol. The van der Waals surface area contributed by atoms with E-state index in [1.807, 2.05) is 24.3 Å². The second-order valence-electron chi connectivity index (χ2n) is 8.81. The number of rotatable bonds is 10. The summed E-state index contributed by atoms with van der Waals surface area (Å²) < 4.78 is 11.8. The molecule has 0 aliphatic carbocycles. The van der Waals surface area contributed by atoms with Crippen molar-refractivity contribution in [3.8, 4) is 5.75 Å². The zero-order valence-corrected chi connectivity index (χ0v) is 19.5. The van der Waals surface area contributed by atoms with Crippen molar-refractivity contribution in [3.63, 3.8) is 0 Å². The molecule has 1 saturated heterocycles. The molecule has 1 heterocycles. The molecule has 0 saturated carbocycles. The number of aliphatic hydroxyl groups is 1. The van der Waals surface area contributed by atoms with Gasteiger partial charge >= 0.3 is 0 Å². The van der Waals surface area contributed by atoms with E-state index >= 15 is 0 Å². The van der Waals surface area contributed by atoms with Gasteiger partial charge in [0.05, 0.1) is 19.3 Å². The molecule has 4 nitrogen and oxygen atoms in total. The van der Waals surface area contributed by atoms with Gasteiger partial charge < -0.3 is 19.5 Å². The third-order valence-electron chi connectivity index (χ3n) is 6.52. The lowest BCUT2D eigenvalue weighted by Gasteiger charge is -2.34. The van der Waals surface area contributed by atoms with Crippen molar-refractivity contribution in [2.75, 3.05) is 26.7 Å². The zero-order chi connectivity index (χ0) is 22.9. The van der Waals surface area contributed by atoms with Crippen LogP contribution in [0.3, 0.4) is 0 Å². The maximum absolute atomic E-state index is 10.5. The molecule has 1 atom stereocenters. The average Bonchev–Trinajstić information content (AvgIpc) is 2.89. The van der Waals surface area contributed by atoms with Crippen LogP contribution in [0.15, 0.2) is 84.9 Å². The van der Waals surface area contributed by atoms with Crippen molar-refractivity contribution in [2.24, 2.45) is 0 Å². The lowest BCUT2D eigenvalue weighted by Crippen LogP contribution is -2.38. The van der Waals surface area contributed by atoms with Crippen molar-refractivity contribution in [1.29, 1.82) is 0 Å². The molecule has 4 rings (SSSR count). The molecule has 0 spiro atoms. The third-order valence-corrected chi connectivity index (χ3v) is 6.52. The number of ether oxygens (including phenoxy) is 2. The number of nitrogens with zero attached hydrogens (tertiary/aromatic N) is 1. The highest BCUT2D eigenvalue weighted by molar-refractivity contribution is 5.30. The van der Waals surface area contributed by atoms with Gasteiger partial charge in [-0.25, -0.2) is 0 Å². The van der Waals surface area contributed by atoms with Crippen molar-refractivity contribution in [3.05, 3.63) is 102 Å². The fourth-order valence-corrected chi connectivity index (χ4v) is 4.57. The van der Waals surface area contributed by atoms with Crippen LogP contribution in [0.2, 0.25) is 0 Å². The van der Waals surface area contributed by atoms with Crippen LogP contribution < -0.4 is 4.74 Å². The van der Waals surface area contributed by atoms with E-state index in [1.165, 1.54) is 11.1 Å². The molecule has 0 bridgehead atoms. The summed E-state index contributed by atoms with van der Waals surface area (Å²) >= 11 is 0. The Labute approximate surface area is 197 Å². The third kappa shape index (κ3) is 6.67. The normalized spacial score (nSPS) is 16.1. The van der Waals surface area contributed by atoms with Crippen LogP contribution in [0, 0.1) is 0 Å². The maximum Gasteiger partial charge on any atom is 0.118 e. The number of likely N-dealkylation sites (tertiary alicyclic amines) is 1. The number of hydrogen-bond donors (Lipinski definition) is 1. The molecule has 3 aromatic carbocycles. The van der Waals surface area contributed by atoms with Crippen molar-refractivity contribution in [1.82, 2.24) is 4.90 Å². The molecule has 1 unspecified atom stereocenters. The van der Waals surface area contributed by atoms with E-state index in [0.29, 0.717) is 0 Å². The van der Waals surface area contributed by atoms with E-state index in [1.54, 1.807) is 7.11 Å². The largest absolute Gasteiger partial charge is 0.497 e. The Morgan fingerprint density at radius 3 is 1.94 bits per heavy atom. The van der Waals surface area contributed by atoms with Gasteiger partial charge in [0.15, 0.2) is 0 Å². The summed E-state index contributed by atoms with van der Waals surface area (Å²) in [5.74, 6) is 0.817. The van der Waals surface area contributed by atoms with Crippen LogP contribution in [-0.2, 0) is 4.74 Å². The first-order chi connectivity index (χ1) is 16.2. The molecular formula is C29H35NO3. The first-order valence-electron chi connectivity index (χ1n) is 12.0. The van der Waals surface area contributed by atoms with E-state index in [0.717, 1.165) is 56.6 Å². The SMILES string of the molecule is COc1ccc(C(O)CCCN2CCC(OC(c3ccccc3)c3ccccc3)CC2)cc1. The first-order valence-corrected chi connectivity index (χ1v) is 12.0. The molecule has 33 heavy (non-hydrogen) atoms. The van der Waals surface area contributed by atoms with Crippen LogP contribution in [0.5, 0.6) is 5.75 Å².